The first-order valence-electron chi connectivity index (χ1n) is 5.30. The summed E-state index contributed by atoms with van der Waals surface area (Å²) in [5.74, 6) is 0. The molecule has 4 heteroatoms. The smallest absolute Gasteiger partial charge is 0.238 e. The second kappa shape index (κ2) is 6.51. The van der Waals surface area contributed by atoms with Crippen molar-refractivity contribution in [2.75, 3.05) is 6.61 Å². The molecule has 2 rings (SSSR count). The lowest BCUT2D eigenvalue weighted by Crippen LogP contribution is -3.00. The Morgan fingerprint density at radius 1 is 1.25 bits per heavy atom. The number of aliphatic hydroxyl groups excluding tert-OH is 1. The summed E-state index contributed by atoms with van der Waals surface area (Å²) < 4.78 is 3.61. The van der Waals surface area contributed by atoms with Crippen molar-refractivity contribution >= 4 is 21.6 Å². The van der Waals surface area contributed by atoms with Crippen LogP contribution in [-0.4, -0.2) is 11.7 Å². The molecule has 1 N–H and O–H groups in total. The molecule has 0 saturated carbocycles. The molecule has 2 aromatic rings. The summed E-state index contributed by atoms with van der Waals surface area (Å²) in [5, 5.41) is 10.1. The maximum atomic E-state index is 8.75. The van der Waals surface area contributed by atoms with Gasteiger partial charge in [-0.15, -0.1) is 0 Å². The van der Waals surface area contributed by atoms with E-state index in [9.17, 15) is 0 Å². The third-order valence-corrected chi connectivity index (χ3v) is 3.91. The summed E-state index contributed by atoms with van der Waals surface area (Å²) in [6.07, 6.45) is 3.03. The zero-order valence-corrected chi connectivity index (χ0v) is 12.3. The van der Waals surface area contributed by atoms with Crippen molar-refractivity contribution in [2.24, 2.45) is 7.05 Å². The van der Waals surface area contributed by atoms with Crippen molar-refractivity contribution in [3.63, 3.8) is 0 Å². The van der Waals surface area contributed by atoms with Crippen LogP contribution in [0, 0.1) is 0 Å². The first-order valence-corrected chi connectivity index (χ1v) is 6.12. The van der Waals surface area contributed by atoms with Crippen molar-refractivity contribution in [1.29, 1.82) is 0 Å². The Balaban J connectivity index is 0.00000128. The largest absolute Gasteiger partial charge is 1.00 e. The minimum atomic E-state index is 0. The van der Waals surface area contributed by atoms with Crippen molar-refractivity contribution < 1.29 is 33.7 Å². The van der Waals surface area contributed by atoms with Crippen molar-refractivity contribution in [2.45, 2.75) is 19.3 Å². The molecule has 0 spiro atoms. The van der Waals surface area contributed by atoms with E-state index < -0.39 is 0 Å². The average molecular weight is 349 g/mol. The van der Waals surface area contributed by atoms with E-state index in [1.807, 2.05) is 11.3 Å². The molecule has 88 valence electrons. The van der Waals surface area contributed by atoms with Gasteiger partial charge in [-0.25, -0.2) is 0 Å². The van der Waals surface area contributed by atoms with Crippen LogP contribution in [0.2, 0.25) is 0 Å². The fourth-order valence-electron chi connectivity index (χ4n) is 1.76. The normalized spacial score (nSPS) is 10.4. The van der Waals surface area contributed by atoms with E-state index in [2.05, 4.69) is 35.9 Å². The van der Waals surface area contributed by atoms with E-state index in [1.54, 1.807) is 0 Å². The molecular weight excluding hydrogens is 333 g/mol. The molecule has 0 radical (unpaired) electrons. The molecule has 0 aliphatic rings. The van der Waals surface area contributed by atoms with Gasteiger partial charge in [0.05, 0.1) is 0 Å². The minimum absolute atomic E-state index is 0. The summed E-state index contributed by atoms with van der Waals surface area (Å²) in [4.78, 5) is 0. The fourth-order valence-corrected chi connectivity index (χ4v) is 2.95. The highest BCUT2D eigenvalue weighted by atomic mass is 127. The van der Waals surface area contributed by atoms with Gasteiger partial charge in [0.15, 0.2) is 0 Å². The molecule has 0 bridgehead atoms. The number of para-hydroxylation sites is 1. The SMILES string of the molecule is C[n+]1c(CCCCO)sc2ccccc21.[I-]. The van der Waals surface area contributed by atoms with E-state index in [-0.39, 0.29) is 24.0 Å². The van der Waals surface area contributed by atoms with Gasteiger partial charge in [-0.1, -0.05) is 23.5 Å². The van der Waals surface area contributed by atoms with E-state index in [4.69, 9.17) is 5.11 Å². The predicted molar refractivity (Wildman–Crippen MR) is 63.0 cm³/mol. The molecule has 0 unspecified atom stereocenters. The molecule has 0 aliphatic carbocycles. The highest BCUT2D eigenvalue weighted by molar-refractivity contribution is 7.18. The van der Waals surface area contributed by atoms with E-state index >= 15 is 0 Å². The van der Waals surface area contributed by atoms with Crippen LogP contribution in [0.1, 0.15) is 17.8 Å². The van der Waals surface area contributed by atoms with E-state index in [0.29, 0.717) is 6.61 Å². The molecule has 1 heterocycles. The minimum Gasteiger partial charge on any atom is -1.00 e. The second-order valence-corrected chi connectivity index (χ2v) is 4.82. The number of fused-ring (bicyclic) bond motifs is 1. The van der Waals surface area contributed by atoms with Gasteiger partial charge < -0.3 is 29.1 Å². The van der Waals surface area contributed by atoms with E-state index in [1.165, 1.54) is 15.2 Å². The summed E-state index contributed by atoms with van der Waals surface area (Å²) in [5.41, 5.74) is 1.31. The third-order valence-electron chi connectivity index (χ3n) is 2.63. The van der Waals surface area contributed by atoms with Crippen LogP contribution in [0.5, 0.6) is 0 Å². The number of benzene rings is 1. The lowest BCUT2D eigenvalue weighted by Gasteiger charge is -1.92. The number of aromatic nitrogens is 1. The maximum absolute atomic E-state index is 8.75. The summed E-state index contributed by atoms with van der Waals surface area (Å²) in [6, 6.07) is 8.47. The number of rotatable bonds is 4. The van der Waals surface area contributed by atoms with Gasteiger partial charge in [-0.3, -0.25) is 0 Å². The first kappa shape index (κ1) is 13.9. The van der Waals surface area contributed by atoms with Crippen LogP contribution < -0.4 is 28.5 Å². The molecule has 2 nitrogen and oxygen atoms in total. The topological polar surface area (TPSA) is 24.1 Å². The molecule has 0 fully saturated rings. The Bertz CT molecular complexity index is 455. The van der Waals surface area contributed by atoms with Crippen LogP contribution in [0.15, 0.2) is 24.3 Å². The highest BCUT2D eigenvalue weighted by Crippen LogP contribution is 2.20. The molecule has 0 atom stereocenters. The zero-order valence-electron chi connectivity index (χ0n) is 9.32. The van der Waals surface area contributed by atoms with Crippen LogP contribution >= 0.6 is 11.3 Å². The Labute approximate surface area is 117 Å². The van der Waals surface area contributed by atoms with Crippen LogP contribution in [0.3, 0.4) is 0 Å². The highest BCUT2D eigenvalue weighted by Gasteiger charge is 2.14. The number of unbranched alkanes of at least 4 members (excludes halogenated alkanes) is 1. The average Bonchev–Trinajstić information content (AvgIpc) is 2.57. The second-order valence-electron chi connectivity index (χ2n) is 3.70. The predicted octanol–water partition coefficient (Wildman–Crippen LogP) is -0.955. The number of thiazole rings is 1. The van der Waals surface area contributed by atoms with E-state index in [0.717, 1.165) is 19.3 Å². The molecule has 0 saturated heterocycles. The van der Waals surface area contributed by atoms with Crippen LogP contribution in [-0.2, 0) is 13.5 Å². The Morgan fingerprint density at radius 3 is 2.69 bits per heavy atom. The van der Waals surface area contributed by atoms with Crippen LogP contribution in [0.25, 0.3) is 10.2 Å². The van der Waals surface area contributed by atoms with Crippen LogP contribution in [0.4, 0.5) is 0 Å². The van der Waals surface area contributed by atoms with Gasteiger partial charge in [0.2, 0.25) is 10.5 Å². The number of hydrogen-bond donors (Lipinski definition) is 1. The standard InChI is InChI=1S/C12H16NOS.HI/c1-13-10-6-2-3-7-11(10)15-12(13)8-4-5-9-14;/h2-3,6-7,14H,4-5,8-9H2,1H3;1H/q+1;/p-1. The molecular formula is C12H16INOS. The zero-order chi connectivity index (χ0) is 10.7. The van der Waals surface area contributed by atoms with Gasteiger partial charge in [0.1, 0.15) is 11.7 Å². The number of nitrogens with zero attached hydrogens (tertiary/aromatic N) is 1. The number of hydrogen-bond acceptors (Lipinski definition) is 2. The molecule has 0 amide bonds. The van der Waals surface area contributed by atoms with Crippen molar-refractivity contribution in [3.05, 3.63) is 29.3 Å². The first-order chi connectivity index (χ1) is 7.33. The number of aryl methyl sites for hydroxylation is 2. The monoisotopic (exact) mass is 349 g/mol. The van der Waals surface area contributed by atoms with Crippen molar-refractivity contribution in [1.82, 2.24) is 0 Å². The molecule has 1 aromatic heterocycles. The van der Waals surface area contributed by atoms with Gasteiger partial charge >= 0.3 is 0 Å². The van der Waals surface area contributed by atoms with Gasteiger partial charge in [-0.2, -0.15) is 4.57 Å². The maximum Gasteiger partial charge on any atom is 0.238 e. The Kier molecular flexibility index (Phi) is 5.64. The lowest BCUT2D eigenvalue weighted by atomic mass is 10.2. The number of aliphatic hydroxyl groups is 1. The van der Waals surface area contributed by atoms with Crippen molar-refractivity contribution in [3.8, 4) is 0 Å². The molecule has 1 aromatic carbocycles. The lowest BCUT2D eigenvalue weighted by molar-refractivity contribution is -0.648. The Hall–Kier alpha value is -0.200. The Morgan fingerprint density at radius 2 is 2.00 bits per heavy atom. The van der Waals surface area contributed by atoms with Gasteiger partial charge in [0.25, 0.3) is 0 Å². The molecule has 0 aliphatic heterocycles. The third kappa shape index (κ3) is 2.93. The number of halogens is 1. The summed E-state index contributed by atoms with van der Waals surface area (Å²) in [7, 11) is 2.12. The quantitative estimate of drug-likeness (QED) is 0.430. The summed E-state index contributed by atoms with van der Waals surface area (Å²) >= 11 is 1.86. The fraction of sp³-hybridized carbons (Fsp3) is 0.417. The summed E-state index contributed by atoms with van der Waals surface area (Å²) in [6.45, 7) is 0.300. The van der Waals surface area contributed by atoms with Gasteiger partial charge in [0, 0.05) is 19.1 Å². The molecule has 16 heavy (non-hydrogen) atoms. The van der Waals surface area contributed by atoms with Gasteiger partial charge in [-0.05, 0) is 18.9 Å².